The van der Waals surface area contributed by atoms with E-state index in [1.54, 1.807) is 0 Å². The molecule has 0 spiro atoms. The molecule has 5 nitrogen and oxygen atoms in total. The van der Waals surface area contributed by atoms with Crippen LogP contribution in [0.5, 0.6) is 0 Å². The molecule has 1 aliphatic carbocycles. The molecule has 0 aromatic heterocycles. The Labute approximate surface area is 106 Å². The molecular formula is C13H20O5. The fourth-order valence-electron chi connectivity index (χ4n) is 2.47. The number of hydrogen-bond acceptors (Lipinski definition) is 5. The summed E-state index contributed by atoms with van der Waals surface area (Å²) in [5.74, 6) is -1.43. The van der Waals surface area contributed by atoms with E-state index in [4.69, 9.17) is 9.47 Å². The van der Waals surface area contributed by atoms with E-state index in [1.807, 2.05) is 13.8 Å². The Morgan fingerprint density at radius 1 is 1.17 bits per heavy atom. The molecule has 2 aliphatic rings. The maximum atomic E-state index is 12.0. The molecule has 1 heterocycles. The number of rotatable bonds is 1. The normalized spacial score (nSPS) is 37.9. The Hall–Kier alpha value is -0.780. The van der Waals surface area contributed by atoms with Crippen LogP contribution in [-0.4, -0.2) is 41.3 Å². The van der Waals surface area contributed by atoms with Crippen molar-refractivity contribution in [2.24, 2.45) is 11.8 Å². The van der Waals surface area contributed by atoms with Gasteiger partial charge in [-0.2, -0.15) is 0 Å². The van der Waals surface area contributed by atoms with E-state index in [2.05, 4.69) is 0 Å². The van der Waals surface area contributed by atoms with Crippen molar-refractivity contribution in [3.05, 3.63) is 0 Å². The Morgan fingerprint density at radius 2 is 1.72 bits per heavy atom. The van der Waals surface area contributed by atoms with Crippen LogP contribution in [0.1, 0.15) is 33.6 Å². The van der Waals surface area contributed by atoms with Gasteiger partial charge in [-0.1, -0.05) is 0 Å². The smallest absolute Gasteiger partial charge is 0.165 e. The van der Waals surface area contributed by atoms with E-state index in [1.165, 1.54) is 6.92 Å². The van der Waals surface area contributed by atoms with Crippen molar-refractivity contribution in [3.63, 3.8) is 0 Å². The van der Waals surface area contributed by atoms with Crippen LogP contribution in [0.3, 0.4) is 0 Å². The minimum atomic E-state index is -1.50. The number of ether oxygens (including phenoxy) is 2. The third kappa shape index (κ3) is 2.63. The van der Waals surface area contributed by atoms with Gasteiger partial charge in [-0.05, 0) is 20.8 Å². The van der Waals surface area contributed by atoms with Crippen molar-refractivity contribution >= 4 is 11.6 Å². The highest BCUT2D eigenvalue weighted by Crippen LogP contribution is 2.34. The summed E-state index contributed by atoms with van der Waals surface area (Å²) in [6.07, 6.45) is -0.0138. The molecule has 0 aromatic carbocycles. The van der Waals surface area contributed by atoms with Crippen LogP contribution in [0.2, 0.25) is 0 Å². The lowest BCUT2D eigenvalue weighted by Gasteiger charge is -2.40. The fourth-order valence-corrected chi connectivity index (χ4v) is 2.47. The molecule has 18 heavy (non-hydrogen) atoms. The van der Waals surface area contributed by atoms with Gasteiger partial charge in [0.25, 0.3) is 0 Å². The van der Waals surface area contributed by atoms with Crippen molar-refractivity contribution in [1.29, 1.82) is 0 Å². The summed E-state index contributed by atoms with van der Waals surface area (Å²) < 4.78 is 11.0. The highest BCUT2D eigenvalue weighted by Gasteiger charge is 2.46. The number of carbonyl (C=O) groups is 2. The topological polar surface area (TPSA) is 72.8 Å². The van der Waals surface area contributed by atoms with Crippen LogP contribution in [0, 0.1) is 11.8 Å². The van der Waals surface area contributed by atoms with Crippen LogP contribution >= 0.6 is 0 Å². The third-order valence-electron chi connectivity index (χ3n) is 3.80. The van der Waals surface area contributed by atoms with Gasteiger partial charge in [0.15, 0.2) is 11.6 Å². The number of aliphatic hydroxyl groups is 1. The van der Waals surface area contributed by atoms with E-state index < -0.39 is 11.4 Å². The molecule has 2 rings (SSSR count). The first-order valence-electron chi connectivity index (χ1n) is 6.27. The fraction of sp³-hybridized carbons (Fsp3) is 0.846. The molecule has 5 heteroatoms. The lowest BCUT2D eigenvalue weighted by Crippen LogP contribution is -2.51. The number of carbonyl (C=O) groups excluding carboxylic acids is 2. The predicted octanol–water partition coefficient (Wildman–Crippen LogP) is 0.685. The average molecular weight is 256 g/mol. The summed E-state index contributed by atoms with van der Waals surface area (Å²) >= 11 is 0. The van der Waals surface area contributed by atoms with Crippen LogP contribution in [-0.2, 0) is 19.1 Å². The lowest BCUT2D eigenvalue weighted by atomic mass is 9.73. The highest BCUT2D eigenvalue weighted by molar-refractivity contribution is 6.00. The van der Waals surface area contributed by atoms with Gasteiger partial charge in [-0.3, -0.25) is 9.59 Å². The van der Waals surface area contributed by atoms with Crippen LogP contribution in [0.25, 0.3) is 0 Å². The van der Waals surface area contributed by atoms with Gasteiger partial charge in [-0.15, -0.1) is 0 Å². The first-order chi connectivity index (χ1) is 8.21. The third-order valence-corrected chi connectivity index (χ3v) is 3.80. The molecule has 2 fully saturated rings. The second-order valence-electron chi connectivity index (χ2n) is 5.93. The molecule has 0 aromatic rings. The SMILES string of the molecule is CC1(C)OCC([C@H]2CC(=O)[C@](C)(O)CC2=O)CO1. The number of hydrogen-bond donors (Lipinski definition) is 1. The maximum Gasteiger partial charge on any atom is 0.165 e. The molecule has 0 bridgehead atoms. The highest BCUT2D eigenvalue weighted by atomic mass is 16.7. The molecule has 2 atom stereocenters. The molecule has 0 radical (unpaired) electrons. The van der Waals surface area contributed by atoms with Crippen molar-refractivity contribution in [3.8, 4) is 0 Å². The molecule has 0 amide bonds. The first kappa shape index (κ1) is 13.6. The first-order valence-corrected chi connectivity index (χ1v) is 6.27. The standard InChI is InChI=1S/C13H20O5/c1-12(2)17-6-8(7-18-12)9-4-11(15)13(3,16)5-10(9)14/h8-9,16H,4-7H2,1-3H3/t9-,13-/m1/s1. The Bertz CT molecular complexity index is 362. The van der Waals surface area contributed by atoms with Gasteiger partial charge in [0.1, 0.15) is 11.4 Å². The number of Topliss-reactive ketones (excluding diaryl/α,β-unsaturated/α-hetero) is 2. The minimum absolute atomic E-state index is 0.0727. The van der Waals surface area contributed by atoms with Gasteiger partial charge in [0.2, 0.25) is 0 Å². The zero-order chi connectivity index (χ0) is 13.6. The van der Waals surface area contributed by atoms with Crippen LogP contribution < -0.4 is 0 Å². The van der Waals surface area contributed by atoms with E-state index in [-0.39, 0.29) is 36.2 Å². The van der Waals surface area contributed by atoms with Gasteiger partial charge >= 0.3 is 0 Å². The summed E-state index contributed by atoms with van der Waals surface area (Å²) in [5.41, 5.74) is -1.50. The van der Waals surface area contributed by atoms with Crippen LogP contribution in [0.4, 0.5) is 0 Å². The van der Waals surface area contributed by atoms with E-state index in [0.717, 1.165) is 0 Å². The molecule has 1 saturated carbocycles. The Balaban J connectivity index is 2.03. The van der Waals surface area contributed by atoms with Gasteiger partial charge < -0.3 is 14.6 Å². The van der Waals surface area contributed by atoms with E-state index in [9.17, 15) is 14.7 Å². The molecule has 1 saturated heterocycles. The molecular weight excluding hydrogens is 236 g/mol. The Kier molecular flexibility index (Phi) is 3.34. The van der Waals surface area contributed by atoms with Crippen molar-refractivity contribution in [1.82, 2.24) is 0 Å². The van der Waals surface area contributed by atoms with Crippen molar-refractivity contribution in [2.75, 3.05) is 13.2 Å². The summed E-state index contributed by atoms with van der Waals surface area (Å²) in [5, 5.41) is 9.78. The largest absolute Gasteiger partial charge is 0.382 e. The minimum Gasteiger partial charge on any atom is -0.382 e. The zero-order valence-corrected chi connectivity index (χ0v) is 11.1. The van der Waals surface area contributed by atoms with Crippen molar-refractivity contribution < 1.29 is 24.2 Å². The van der Waals surface area contributed by atoms with Gasteiger partial charge in [0.05, 0.1) is 13.2 Å². The Morgan fingerprint density at radius 3 is 2.28 bits per heavy atom. The van der Waals surface area contributed by atoms with E-state index >= 15 is 0 Å². The maximum absolute atomic E-state index is 12.0. The summed E-state index contributed by atoms with van der Waals surface area (Å²) in [6.45, 7) is 5.88. The van der Waals surface area contributed by atoms with Crippen LogP contribution in [0.15, 0.2) is 0 Å². The lowest BCUT2D eigenvalue weighted by molar-refractivity contribution is -0.267. The molecule has 102 valence electrons. The molecule has 0 unspecified atom stereocenters. The van der Waals surface area contributed by atoms with Gasteiger partial charge in [0, 0.05) is 24.7 Å². The summed E-state index contributed by atoms with van der Waals surface area (Å²) in [4.78, 5) is 23.8. The monoisotopic (exact) mass is 256 g/mol. The quantitative estimate of drug-likeness (QED) is 0.747. The predicted molar refractivity (Wildman–Crippen MR) is 62.8 cm³/mol. The van der Waals surface area contributed by atoms with E-state index in [0.29, 0.717) is 13.2 Å². The summed E-state index contributed by atoms with van der Waals surface area (Å²) in [6, 6.07) is 0. The second-order valence-corrected chi connectivity index (χ2v) is 5.93. The van der Waals surface area contributed by atoms with Crippen molar-refractivity contribution in [2.45, 2.75) is 45.0 Å². The number of ketones is 2. The average Bonchev–Trinajstić information content (AvgIpc) is 2.23. The molecule has 1 aliphatic heterocycles. The summed E-state index contributed by atoms with van der Waals surface area (Å²) in [7, 11) is 0. The zero-order valence-electron chi connectivity index (χ0n) is 11.1. The second kappa shape index (κ2) is 4.40. The molecule has 1 N–H and O–H groups in total. The van der Waals surface area contributed by atoms with Gasteiger partial charge in [-0.25, -0.2) is 0 Å².